The van der Waals surface area contributed by atoms with Crippen LogP contribution in [0.25, 0.3) is 0 Å². The number of hydrogen-bond donors (Lipinski definition) is 3. The average Bonchev–Trinajstić information content (AvgIpc) is 2.59. The van der Waals surface area contributed by atoms with Gasteiger partial charge in [0.1, 0.15) is 5.54 Å². The lowest BCUT2D eigenvalue weighted by Gasteiger charge is -2.19. The van der Waals surface area contributed by atoms with Crippen LogP contribution >= 0.6 is 12.4 Å². The number of carbonyl (C=O) groups excluding carboxylic acids is 2. The molecule has 2 rings (SSSR count). The Morgan fingerprint density at radius 3 is 2.64 bits per heavy atom. The molecule has 6 heteroatoms. The van der Waals surface area contributed by atoms with Gasteiger partial charge in [0.15, 0.2) is 0 Å². The molecule has 1 heterocycles. The minimum absolute atomic E-state index is 0. The molecule has 5 nitrogen and oxygen atoms in total. The quantitative estimate of drug-likeness (QED) is 0.532. The van der Waals surface area contributed by atoms with Gasteiger partial charge in [0, 0.05) is 0 Å². The minimum atomic E-state index is -0.638. The van der Waals surface area contributed by atoms with E-state index in [1.54, 1.807) is 0 Å². The van der Waals surface area contributed by atoms with Gasteiger partial charge in [-0.25, -0.2) is 4.79 Å². The van der Waals surface area contributed by atoms with Crippen LogP contribution < -0.4 is 16.4 Å². The number of nitrogens with two attached hydrogens (primary N) is 1. The van der Waals surface area contributed by atoms with Crippen molar-refractivity contribution in [3.05, 3.63) is 0 Å². The lowest BCUT2D eigenvalue weighted by atomic mass is 9.96. The van der Waals surface area contributed by atoms with Crippen LogP contribution in [0.1, 0.15) is 19.3 Å². The second-order valence-corrected chi connectivity index (χ2v) is 3.83. The summed E-state index contributed by atoms with van der Waals surface area (Å²) in [6, 6.07) is -0.373. The van der Waals surface area contributed by atoms with Crippen molar-refractivity contribution in [3.8, 4) is 0 Å². The second kappa shape index (κ2) is 3.74. The van der Waals surface area contributed by atoms with Gasteiger partial charge in [-0.3, -0.25) is 10.1 Å². The van der Waals surface area contributed by atoms with Crippen molar-refractivity contribution in [2.45, 2.75) is 24.8 Å². The zero-order valence-corrected chi connectivity index (χ0v) is 8.52. The number of amides is 3. The molecule has 1 saturated carbocycles. The molecule has 1 aliphatic carbocycles. The third-order valence-corrected chi connectivity index (χ3v) is 2.96. The minimum Gasteiger partial charge on any atom is -0.330 e. The van der Waals surface area contributed by atoms with Gasteiger partial charge in [-0.05, 0) is 31.7 Å². The predicted molar refractivity (Wildman–Crippen MR) is 53.0 cm³/mol. The Morgan fingerprint density at radius 1 is 1.50 bits per heavy atom. The smallest absolute Gasteiger partial charge is 0.322 e. The summed E-state index contributed by atoms with van der Waals surface area (Å²) in [5.41, 5.74) is 4.88. The third kappa shape index (κ3) is 1.57. The topological polar surface area (TPSA) is 84.2 Å². The monoisotopic (exact) mass is 219 g/mol. The first-order valence-electron chi connectivity index (χ1n) is 4.50. The molecule has 2 fully saturated rings. The summed E-state index contributed by atoms with van der Waals surface area (Å²) >= 11 is 0. The zero-order valence-electron chi connectivity index (χ0n) is 7.71. The molecule has 4 N–H and O–H groups in total. The summed E-state index contributed by atoms with van der Waals surface area (Å²) < 4.78 is 0. The molecule has 0 bridgehead atoms. The molecule has 1 aliphatic heterocycles. The van der Waals surface area contributed by atoms with Crippen LogP contribution in [0.2, 0.25) is 0 Å². The van der Waals surface area contributed by atoms with E-state index in [9.17, 15) is 9.59 Å². The highest BCUT2D eigenvalue weighted by molar-refractivity contribution is 6.07. The van der Waals surface area contributed by atoms with Gasteiger partial charge in [-0.2, -0.15) is 0 Å². The first-order valence-corrected chi connectivity index (χ1v) is 4.50. The van der Waals surface area contributed by atoms with Gasteiger partial charge in [0.25, 0.3) is 5.91 Å². The Bertz CT molecular complexity index is 271. The number of nitrogens with one attached hydrogen (secondary N) is 2. The van der Waals surface area contributed by atoms with Crippen molar-refractivity contribution in [3.63, 3.8) is 0 Å². The number of halogens is 1. The molecule has 80 valence electrons. The Morgan fingerprint density at radius 2 is 2.21 bits per heavy atom. The van der Waals surface area contributed by atoms with E-state index in [2.05, 4.69) is 10.6 Å². The lowest BCUT2D eigenvalue weighted by molar-refractivity contribution is -0.123. The molecule has 1 saturated heterocycles. The number of urea groups is 1. The summed E-state index contributed by atoms with van der Waals surface area (Å²) in [4.78, 5) is 22.4. The maximum Gasteiger partial charge on any atom is 0.322 e. The van der Waals surface area contributed by atoms with Gasteiger partial charge in [0.05, 0.1) is 0 Å². The lowest BCUT2D eigenvalue weighted by Crippen LogP contribution is -2.44. The maximum atomic E-state index is 11.4. The number of rotatable bonds is 1. The van der Waals surface area contributed by atoms with E-state index >= 15 is 0 Å². The largest absolute Gasteiger partial charge is 0.330 e. The Balaban J connectivity index is 0.000000980. The maximum absolute atomic E-state index is 11.4. The van der Waals surface area contributed by atoms with Crippen molar-refractivity contribution in [1.29, 1.82) is 0 Å². The summed E-state index contributed by atoms with van der Waals surface area (Å²) in [5, 5.41) is 4.95. The van der Waals surface area contributed by atoms with Crippen molar-refractivity contribution in [1.82, 2.24) is 10.6 Å². The SMILES string of the molecule is Cl.NCC1CCC2(C1)NC(=O)NC2=O. The van der Waals surface area contributed by atoms with Crippen molar-refractivity contribution < 1.29 is 9.59 Å². The van der Waals surface area contributed by atoms with E-state index in [1.807, 2.05) is 0 Å². The number of carbonyl (C=O) groups is 2. The van der Waals surface area contributed by atoms with Crippen LogP contribution in [0, 0.1) is 5.92 Å². The first-order chi connectivity index (χ1) is 6.16. The molecular weight excluding hydrogens is 206 g/mol. The highest BCUT2D eigenvalue weighted by atomic mass is 35.5. The molecular formula is C8H14ClN3O2. The molecule has 3 amide bonds. The van der Waals surface area contributed by atoms with Crippen LogP contribution in [-0.4, -0.2) is 24.0 Å². The van der Waals surface area contributed by atoms with Crippen molar-refractivity contribution in [2.24, 2.45) is 11.7 Å². The predicted octanol–water partition coefficient (Wildman–Crippen LogP) is -0.255. The zero-order chi connectivity index (χ0) is 9.47. The van der Waals surface area contributed by atoms with Gasteiger partial charge < -0.3 is 11.1 Å². The summed E-state index contributed by atoms with van der Waals surface area (Å²) in [6.45, 7) is 0.588. The highest BCUT2D eigenvalue weighted by Gasteiger charge is 2.50. The molecule has 2 aliphatic rings. The highest BCUT2D eigenvalue weighted by Crippen LogP contribution is 2.35. The van der Waals surface area contributed by atoms with Crippen LogP contribution in [0.15, 0.2) is 0 Å². The van der Waals surface area contributed by atoms with Crippen LogP contribution in [0.4, 0.5) is 4.79 Å². The van der Waals surface area contributed by atoms with E-state index in [0.29, 0.717) is 25.3 Å². The van der Waals surface area contributed by atoms with Gasteiger partial charge in [-0.1, -0.05) is 0 Å². The van der Waals surface area contributed by atoms with E-state index in [-0.39, 0.29) is 24.3 Å². The average molecular weight is 220 g/mol. The standard InChI is InChI=1S/C8H13N3O2.ClH/c9-4-5-1-2-8(3-5)6(12)10-7(13)11-8;/h5H,1-4,9H2,(H2,10,11,12,13);1H. The summed E-state index contributed by atoms with van der Waals surface area (Å²) in [7, 11) is 0. The summed E-state index contributed by atoms with van der Waals surface area (Å²) in [6.07, 6.45) is 2.32. The fourth-order valence-electron chi connectivity index (χ4n) is 2.20. The fraction of sp³-hybridized carbons (Fsp3) is 0.750. The van der Waals surface area contributed by atoms with Crippen molar-refractivity contribution >= 4 is 24.3 Å². The van der Waals surface area contributed by atoms with Crippen molar-refractivity contribution in [2.75, 3.05) is 6.54 Å². The molecule has 0 aromatic rings. The van der Waals surface area contributed by atoms with E-state index in [0.717, 1.165) is 6.42 Å². The van der Waals surface area contributed by atoms with E-state index < -0.39 is 5.54 Å². The molecule has 0 aromatic heterocycles. The second-order valence-electron chi connectivity index (χ2n) is 3.83. The molecule has 2 atom stereocenters. The molecule has 2 unspecified atom stereocenters. The van der Waals surface area contributed by atoms with Crippen LogP contribution in [-0.2, 0) is 4.79 Å². The van der Waals surface area contributed by atoms with Crippen LogP contribution in [0.5, 0.6) is 0 Å². The molecule has 14 heavy (non-hydrogen) atoms. The number of imide groups is 1. The van der Waals surface area contributed by atoms with Crippen LogP contribution in [0.3, 0.4) is 0 Å². The Hall–Kier alpha value is -0.810. The molecule has 1 spiro atoms. The Labute approximate surface area is 88.2 Å². The van der Waals surface area contributed by atoms with E-state index in [4.69, 9.17) is 5.73 Å². The van der Waals surface area contributed by atoms with E-state index in [1.165, 1.54) is 0 Å². The first kappa shape index (κ1) is 11.3. The van der Waals surface area contributed by atoms with Gasteiger partial charge in [-0.15, -0.1) is 12.4 Å². The summed E-state index contributed by atoms with van der Waals surface area (Å²) in [5.74, 6) is 0.178. The normalized spacial score (nSPS) is 35.4. The Kier molecular flexibility index (Phi) is 3.01. The molecule has 0 radical (unpaired) electrons. The van der Waals surface area contributed by atoms with Gasteiger partial charge in [0.2, 0.25) is 0 Å². The molecule has 0 aromatic carbocycles. The van der Waals surface area contributed by atoms with Gasteiger partial charge >= 0.3 is 6.03 Å². The number of hydrogen-bond acceptors (Lipinski definition) is 3. The fourth-order valence-corrected chi connectivity index (χ4v) is 2.20. The third-order valence-electron chi connectivity index (χ3n) is 2.96.